The predicted octanol–water partition coefficient (Wildman–Crippen LogP) is -5.02. The highest BCUT2D eigenvalue weighted by Crippen LogP contribution is 2.43. The monoisotopic (exact) mass is 1980 g/mol. The Morgan fingerprint density at radius 2 is 0.803 bits per heavy atom. The Bertz CT molecular complexity index is 3520. The first kappa shape index (κ1) is 119. The van der Waals surface area contributed by atoms with Crippen LogP contribution < -0.4 is 21.3 Å². The van der Waals surface area contributed by atoms with Crippen molar-refractivity contribution in [2.75, 3.05) is 46.2 Å². The molecule has 7 aliphatic heterocycles. The smallest absolute Gasteiger partial charge is 0.364 e. The van der Waals surface area contributed by atoms with Crippen LogP contribution in [0.2, 0.25) is 0 Å². The summed E-state index contributed by atoms with van der Waals surface area (Å²) in [4.78, 5) is 80.5. The van der Waals surface area contributed by atoms with E-state index in [1.54, 1.807) is 6.08 Å². The lowest BCUT2D eigenvalue weighted by Gasteiger charge is -2.53. The van der Waals surface area contributed by atoms with E-state index in [2.05, 4.69) is 35.1 Å². The number of aliphatic carboxylic acids is 2. The van der Waals surface area contributed by atoms with Crippen molar-refractivity contribution in [3.05, 3.63) is 12.2 Å². The van der Waals surface area contributed by atoms with E-state index in [9.17, 15) is 146 Å². The molecule has 27 N–H and O–H groups in total. The summed E-state index contributed by atoms with van der Waals surface area (Å²) in [5.74, 6) is -14.7. The molecule has 0 radical (unpaired) electrons. The third kappa shape index (κ3) is 34.1. The molecule has 7 fully saturated rings. The van der Waals surface area contributed by atoms with Gasteiger partial charge in [-0.1, -0.05) is 180 Å². The van der Waals surface area contributed by atoms with Crippen LogP contribution in [0, 0.1) is 0 Å². The lowest BCUT2D eigenvalue weighted by Crippen LogP contribution is -2.72. The highest BCUT2D eigenvalue weighted by atomic mass is 16.8. The van der Waals surface area contributed by atoms with Crippen molar-refractivity contribution in [2.45, 2.75) is 472 Å². The average Bonchev–Trinajstić information content (AvgIpc) is 0.746. The van der Waals surface area contributed by atoms with Gasteiger partial charge in [0.05, 0.1) is 88.8 Å². The summed E-state index contributed by atoms with van der Waals surface area (Å²) in [7, 11) is 0. The Labute approximate surface area is 797 Å². The molecule has 7 aliphatic rings. The second-order valence-corrected chi connectivity index (χ2v) is 37.1. The third-order valence-corrected chi connectivity index (χ3v) is 26.1. The van der Waals surface area contributed by atoms with E-state index in [4.69, 9.17) is 66.3 Å². The van der Waals surface area contributed by atoms with Gasteiger partial charge in [-0.2, -0.15) is 0 Å². The van der Waals surface area contributed by atoms with E-state index in [0.717, 1.165) is 85.0 Å². The molecular formula is C90H158N4O43. The van der Waals surface area contributed by atoms with Crippen LogP contribution in [-0.4, -0.2) is 437 Å². The van der Waals surface area contributed by atoms with E-state index in [1.807, 2.05) is 0 Å². The standard InChI is InChI=1S/C90H158N4O43/c1-7-9-11-13-15-17-19-21-22-24-26-28-30-32-34-36-60(108)94-50(51(103)35-33-31-29-27-25-23-20-18-16-14-12-10-8-2)44-124-83-72(117)70(115)75(58(43-99)129-83)131-85-73(118)80(67(112)56(41-97)127-85)134-82-63(93-49(6)102)79(133-86-74(119)81(68(113)57(42-98)128-86)137-90(88(122)123)38-53(105)62(92-48(5)101)78(136-90)66(111)55(107)40-96)76(132-84-71(116)69(114)64(109)46(3)126-84)59(130-82)45-125-89(87(120)121)37-52(104)61(91-47(4)100)77(135-89)65(110)54(106)39-95/h33,35,46,50-59,61-86,95-99,103-107,109-119H,7-32,34,36-45H2,1-6H3,(H,91,100)(H,92,101)(H,93,102)(H,94,108)(H,120,121)(H,122,123)/b35-33+/t46?,50-,51+,52?,53?,54+,55+,56?,57?,58?,59?,61+,62+,63?,64+,65+,66+,67-,68-,69?,70+,71-,72?,73?,74?,75+,76+,77?,78?,79+,80-,81-,82-,83+,84+,85-,86-,89+,90-/m0/s1. The zero-order valence-electron chi connectivity index (χ0n) is 79.1. The van der Waals surface area contributed by atoms with Gasteiger partial charge in [0.1, 0.15) is 153 Å². The van der Waals surface area contributed by atoms with Gasteiger partial charge < -0.3 is 205 Å². The van der Waals surface area contributed by atoms with Gasteiger partial charge in [-0.05, 0) is 26.2 Å². The number of hydrogen-bond donors (Lipinski definition) is 27. The number of nitrogens with one attached hydrogen (secondary N) is 4. The van der Waals surface area contributed by atoms with Crippen molar-refractivity contribution < 1.29 is 213 Å². The minimum Gasteiger partial charge on any atom is -0.477 e. The van der Waals surface area contributed by atoms with E-state index in [0.29, 0.717) is 12.8 Å². The fourth-order valence-corrected chi connectivity index (χ4v) is 18.2. The van der Waals surface area contributed by atoms with Gasteiger partial charge in [-0.3, -0.25) is 19.2 Å². The molecule has 0 bridgehead atoms. The maximum absolute atomic E-state index is 14.0. The van der Waals surface area contributed by atoms with Gasteiger partial charge in [0.2, 0.25) is 23.6 Å². The van der Waals surface area contributed by atoms with Gasteiger partial charge in [0.15, 0.2) is 31.5 Å². The Balaban J connectivity index is 1.23. The molecule has 7 saturated heterocycles. The topological polar surface area (TPSA) is 745 Å². The molecule has 7 heterocycles. The fraction of sp³-hybridized carbons (Fsp3) is 0.911. The maximum atomic E-state index is 14.0. The zero-order chi connectivity index (χ0) is 101. The van der Waals surface area contributed by atoms with Crippen LogP contribution in [0.15, 0.2) is 12.2 Å². The summed E-state index contributed by atoms with van der Waals surface area (Å²) in [5, 5.41) is 272. The summed E-state index contributed by atoms with van der Waals surface area (Å²) in [6.45, 7) is 0.0314. The van der Waals surface area contributed by atoms with Crippen molar-refractivity contribution >= 4 is 35.6 Å². The van der Waals surface area contributed by atoms with Gasteiger partial charge in [0, 0.05) is 40.0 Å². The van der Waals surface area contributed by atoms with Crippen molar-refractivity contribution in [1.29, 1.82) is 0 Å². The van der Waals surface area contributed by atoms with Crippen LogP contribution in [0.4, 0.5) is 0 Å². The first-order valence-corrected chi connectivity index (χ1v) is 48.6. The molecule has 796 valence electrons. The summed E-state index contributed by atoms with van der Waals surface area (Å²) in [5.41, 5.74) is 0. The maximum Gasteiger partial charge on any atom is 0.364 e. The van der Waals surface area contributed by atoms with Crippen LogP contribution >= 0.6 is 0 Å². The van der Waals surface area contributed by atoms with Crippen molar-refractivity contribution in [2.24, 2.45) is 0 Å². The Morgan fingerprint density at radius 1 is 0.409 bits per heavy atom. The number of hydrogen-bond acceptors (Lipinski definition) is 41. The lowest BCUT2D eigenvalue weighted by molar-refractivity contribution is -0.402. The SMILES string of the molecule is CCCCCCCCCCCCC/C=C/[C@@H](O)[C@H](CO[C@@H]1OC(CO)[C@@H](O[C@@H]2OC(CO)[C@H](O)[C@H](O[C@@H]3OC(CO[C@]4(C(=O)O)CC(O)[C@@H](NC(C)=O)C([C@H](O)[C@H](O)CO)O4)[C@@H](O[C@H]4OC(C)[C@@H](O)C(O)[C@@H]4O)[C@H](O[C@@H]4OC(CO)[C@H](O)[C@H](O[C@]5(C(=O)O)CC(O)[C@@H](NC(C)=O)C([C@H](O)[C@H](O)CO)O5)C4O)C3NC(C)=O)C2O)[C@H](O)C1O)NC(=O)CCCCCCCCCCCCCCCCC. The summed E-state index contributed by atoms with van der Waals surface area (Å²) >= 11 is 0. The number of rotatable bonds is 61. The number of unbranched alkanes of at least 4 members (excludes halogenated alkanes) is 25. The first-order valence-electron chi connectivity index (χ1n) is 48.6. The predicted molar refractivity (Wildman–Crippen MR) is 471 cm³/mol. The molecule has 0 saturated carbocycles. The number of carboxylic acid groups (broad SMARTS) is 2. The second kappa shape index (κ2) is 59.6. The highest BCUT2D eigenvalue weighted by molar-refractivity contribution is 5.78. The number of carboxylic acids is 2. The number of carbonyl (C=O) groups is 6. The van der Waals surface area contributed by atoms with Gasteiger partial charge >= 0.3 is 11.9 Å². The summed E-state index contributed by atoms with van der Waals surface area (Å²) in [6, 6.07) is -7.17. The number of amides is 4. The Kier molecular flexibility index (Phi) is 51.8. The zero-order valence-corrected chi connectivity index (χ0v) is 79.1. The van der Waals surface area contributed by atoms with Gasteiger partial charge in [0.25, 0.3) is 11.6 Å². The molecule has 0 aliphatic carbocycles. The normalized spacial score (nSPS) is 36.8. The van der Waals surface area contributed by atoms with Crippen LogP contribution in [0.25, 0.3) is 0 Å². The Morgan fingerprint density at radius 3 is 1.27 bits per heavy atom. The molecule has 47 nitrogen and oxygen atoms in total. The van der Waals surface area contributed by atoms with Crippen LogP contribution in [0.1, 0.15) is 234 Å². The highest BCUT2D eigenvalue weighted by Gasteiger charge is 2.64. The van der Waals surface area contributed by atoms with Crippen LogP contribution in [0.3, 0.4) is 0 Å². The molecule has 0 spiro atoms. The molecule has 0 aromatic heterocycles. The molecular weight excluding hydrogens is 1820 g/mol. The van der Waals surface area contributed by atoms with E-state index < -0.39 is 333 Å². The van der Waals surface area contributed by atoms with Crippen molar-refractivity contribution in [1.82, 2.24) is 21.3 Å². The van der Waals surface area contributed by atoms with Crippen LogP contribution in [0.5, 0.6) is 0 Å². The largest absolute Gasteiger partial charge is 0.477 e. The number of allylic oxidation sites excluding steroid dienone is 1. The number of aliphatic hydroxyl groups excluding tert-OH is 21. The van der Waals surface area contributed by atoms with E-state index in [-0.39, 0.29) is 6.42 Å². The number of ether oxygens (including phenoxy) is 14. The average molecular weight is 1980 g/mol. The molecule has 7 rings (SSSR count). The quantitative estimate of drug-likeness (QED) is 0.0200. The third-order valence-electron chi connectivity index (χ3n) is 26.1. The van der Waals surface area contributed by atoms with Crippen molar-refractivity contribution in [3.63, 3.8) is 0 Å². The lowest BCUT2D eigenvalue weighted by atomic mass is 9.88. The minimum absolute atomic E-state index is 0.0946. The molecule has 47 heteroatoms. The summed E-state index contributed by atoms with van der Waals surface area (Å²) < 4.78 is 85.6. The minimum atomic E-state index is -3.45. The van der Waals surface area contributed by atoms with E-state index in [1.165, 1.54) is 109 Å². The van der Waals surface area contributed by atoms with Crippen molar-refractivity contribution in [3.8, 4) is 0 Å². The van der Waals surface area contributed by atoms with Gasteiger partial charge in [-0.15, -0.1) is 0 Å². The van der Waals surface area contributed by atoms with Crippen LogP contribution in [-0.2, 0) is 95.1 Å². The molecule has 4 amide bonds. The molecule has 14 unspecified atom stereocenters. The fourth-order valence-electron chi connectivity index (χ4n) is 18.2. The number of aliphatic hydroxyl groups is 21. The molecule has 0 aromatic rings. The number of carbonyl (C=O) groups excluding carboxylic acids is 4. The molecule has 0 aromatic carbocycles. The van der Waals surface area contributed by atoms with Gasteiger partial charge in [-0.25, -0.2) is 9.59 Å². The van der Waals surface area contributed by atoms with E-state index >= 15 is 0 Å². The Hall–Kier alpha value is -4.84. The second-order valence-electron chi connectivity index (χ2n) is 37.1. The summed E-state index contributed by atoms with van der Waals surface area (Å²) in [6.07, 6.45) is -43.9. The molecule has 39 atom stereocenters. The molecule has 137 heavy (non-hydrogen) atoms. The first-order chi connectivity index (χ1) is 65.2.